The lowest BCUT2D eigenvalue weighted by Gasteiger charge is -2.34. The molecule has 5 rings (SSSR count). The van der Waals surface area contributed by atoms with E-state index in [4.69, 9.17) is 4.98 Å². The monoisotopic (exact) mass is 517 g/mol. The van der Waals surface area contributed by atoms with Gasteiger partial charge in [-0.05, 0) is 84.5 Å². The average Bonchev–Trinajstić information content (AvgIpc) is 2.94. The maximum atomic E-state index is 14.2. The highest BCUT2D eigenvalue weighted by Crippen LogP contribution is 2.29. The summed E-state index contributed by atoms with van der Waals surface area (Å²) in [7, 11) is 0. The van der Waals surface area contributed by atoms with E-state index in [0.29, 0.717) is 35.3 Å². The Balaban J connectivity index is 1.72. The van der Waals surface area contributed by atoms with Gasteiger partial charge in [0.15, 0.2) is 0 Å². The summed E-state index contributed by atoms with van der Waals surface area (Å²) in [6.45, 7) is 10.9. The molecule has 5 heteroatoms. The number of aryl methyl sites for hydroxylation is 2. The van der Waals surface area contributed by atoms with E-state index in [-0.39, 0.29) is 17.4 Å². The number of nitrogens with zero attached hydrogens (tertiary/aromatic N) is 3. The van der Waals surface area contributed by atoms with Crippen molar-refractivity contribution >= 4 is 27.6 Å². The van der Waals surface area contributed by atoms with Crippen molar-refractivity contribution in [2.75, 3.05) is 6.54 Å². The molecule has 1 aromatic heterocycles. The van der Waals surface area contributed by atoms with Crippen molar-refractivity contribution < 1.29 is 4.79 Å². The van der Waals surface area contributed by atoms with Crippen molar-refractivity contribution in [3.63, 3.8) is 0 Å². The maximum absolute atomic E-state index is 14.2. The molecule has 1 heterocycles. The first kappa shape index (κ1) is 26.4. The quantitative estimate of drug-likeness (QED) is 0.226. The van der Waals surface area contributed by atoms with Crippen LogP contribution in [0.25, 0.3) is 27.4 Å². The van der Waals surface area contributed by atoms with Gasteiger partial charge >= 0.3 is 0 Å². The zero-order valence-electron chi connectivity index (χ0n) is 23.3. The molecule has 0 aliphatic carbocycles. The molecule has 0 bridgehead atoms. The smallest absolute Gasteiger partial charge is 0.266 e. The summed E-state index contributed by atoms with van der Waals surface area (Å²) in [6.07, 6.45) is 0.613. The number of aromatic nitrogens is 2. The third-order valence-corrected chi connectivity index (χ3v) is 7.43. The highest BCUT2D eigenvalue weighted by atomic mass is 16.2. The Labute approximate surface area is 229 Å². The van der Waals surface area contributed by atoms with Crippen molar-refractivity contribution in [3.05, 3.63) is 118 Å². The molecule has 0 spiro atoms. The number of hydrogen-bond donors (Lipinski definition) is 0. The highest BCUT2D eigenvalue weighted by molar-refractivity contribution is 5.98. The predicted octanol–water partition coefficient (Wildman–Crippen LogP) is 7.41. The van der Waals surface area contributed by atoms with Gasteiger partial charge in [0.2, 0.25) is 0 Å². The standard InChI is InChI=1S/C34H35N3O2/c1-6-31(36(21-22(2)3)33(38)27-17-16-25-11-7-8-12-26(25)20-27)32-35-30-14-10-9-13-29(30)34(39)37(32)28-18-15-23(4)24(5)19-28/h7-20,22,31H,6,21H2,1-5H3. The normalized spacial score (nSPS) is 12.3. The van der Waals surface area contributed by atoms with E-state index in [2.05, 4.69) is 27.7 Å². The van der Waals surface area contributed by atoms with Crippen LogP contribution < -0.4 is 5.56 Å². The van der Waals surface area contributed by atoms with E-state index >= 15 is 0 Å². The number of carbonyl (C=O) groups is 1. The SMILES string of the molecule is CCC(c1nc2ccccc2c(=O)n1-c1ccc(C)c(C)c1)N(CC(C)C)C(=O)c1ccc2ccccc2c1. The first-order chi connectivity index (χ1) is 18.8. The zero-order valence-corrected chi connectivity index (χ0v) is 23.3. The summed E-state index contributed by atoms with van der Waals surface area (Å²) in [5.41, 5.74) is 4.16. The summed E-state index contributed by atoms with van der Waals surface area (Å²) in [4.78, 5) is 35.2. The fourth-order valence-corrected chi connectivity index (χ4v) is 5.26. The van der Waals surface area contributed by atoms with E-state index < -0.39 is 6.04 Å². The molecule has 4 aromatic carbocycles. The molecule has 0 N–H and O–H groups in total. The molecule has 0 saturated carbocycles. The first-order valence-corrected chi connectivity index (χ1v) is 13.7. The Morgan fingerprint density at radius 3 is 2.31 bits per heavy atom. The van der Waals surface area contributed by atoms with Crippen molar-refractivity contribution in [2.24, 2.45) is 5.92 Å². The molecular weight excluding hydrogens is 482 g/mol. The minimum atomic E-state index is -0.398. The number of hydrogen-bond acceptors (Lipinski definition) is 3. The molecular formula is C34H35N3O2. The summed E-state index contributed by atoms with van der Waals surface area (Å²) >= 11 is 0. The van der Waals surface area contributed by atoms with E-state index in [0.717, 1.165) is 27.6 Å². The molecule has 39 heavy (non-hydrogen) atoms. The van der Waals surface area contributed by atoms with Gasteiger partial charge in [0.1, 0.15) is 5.82 Å². The highest BCUT2D eigenvalue weighted by Gasteiger charge is 2.30. The maximum Gasteiger partial charge on any atom is 0.266 e. The average molecular weight is 518 g/mol. The van der Waals surface area contributed by atoms with Gasteiger partial charge in [0, 0.05) is 12.1 Å². The Morgan fingerprint density at radius 1 is 0.872 bits per heavy atom. The summed E-state index contributed by atoms with van der Waals surface area (Å²) in [6, 6.07) is 27.0. The molecule has 0 fully saturated rings. The van der Waals surface area contributed by atoms with E-state index in [1.165, 1.54) is 0 Å². The molecule has 0 saturated heterocycles. The second-order valence-corrected chi connectivity index (χ2v) is 10.7. The van der Waals surface area contributed by atoms with Crippen LogP contribution in [0.3, 0.4) is 0 Å². The van der Waals surface area contributed by atoms with Gasteiger partial charge in [-0.25, -0.2) is 4.98 Å². The molecule has 5 nitrogen and oxygen atoms in total. The summed E-state index contributed by atoms with van der Waals surface area (Å²) < 4.78 is 1.71. The second kappa shape index (κ2) is 10.9. The lowest BCUT2D eigenvalue weighted by molar-refractivity contribution is 0.0631. The van der Waals surface area contributed by atoms with Crippen LogP contribution in [0.2, 0.25) is 0 Å². The van der Waals surface area contributed by atoms with Crippen LogP contribution >= 0.6 is 0 Å². The van der Waals surface area contributed by atoms with Crippen LogP contribution in [-0.2, 0) is 0 Å². The van der Waals surface area contributed by atoms with Crippen LogP contribution in [0, 0.1) is 19.8 Å². The van der Waals surface area contributed by atoms with Gasteiger partial charge in [-0.3, -0.25) is 14.2 Å². The van der Waals surface area contributed by atoms with Gasteiger partial charge in [-0.1, -0.05) is 69.3 Å². The lowest BCUT2D eigenvalue weighted by atomic mass is 10.0. The van der Waals surface area contributed by atoms with Crippen LogP contribution in [0.5, 0.6) is 0 Å². The molecule has 0 aliphatic rings. The number of para-hydroxylation sites is 1. The van der Waals surface area contributed by atoms with Gasteiger partial charge < -0.3 is 4.90 Å². The summed E-state index contributed by atoms with van der Waals surface area (Å²) in [5, 5.41) is 2.68. The van der Waals surface area contributed by atoms with Crippen LogP contribution in [-0.4, -0.2) is 26.9 Å². The van der Waals surface area contributed by atoms with Gasteiger partial charge in [-0.2, -0.15) is 0 Å². The third-order valence-electron chi connectivity index (χ3n) is 7.43. The number of fused-ring (bicyclic) bond motifs is 2. The van der Waals surface area contributed by atoms with Crippen molar-refractivity contribution in [3.8, 4) is 5.69 Å². The number of amides is 1. The van der Waals surface area contributed by atoms with Gasteiger partial charge in [-0.15, -0.1) is 0 Å². The number of benzene rings is 4. The fraction of sp³-hybridized carbons (Fsp3) is 0.265. The van der Waals surface area contributed by atoms with Crippen molar-refractivity contribution in [1.29, 1.82) is 0 Å². The van der Waals surface area contributed by atoms with Crippen LogP contribution in [0.15, 0.2) is 89.7 Å². The Morgan fingerprint density at radius 2 is 1.59 bits per heavy atom. The molecule has 198 valence electrons. The second-order valence-electron chi connectivity index (χ2n) is 10.7. The van der Waals surface area contributed by atoms with Crippen LogP contribution in [0.4, 0.5) is 0 Å². The summed E-state index contributed by atoms with van der Waals surface area (Å²) in [5.74, 6) is 0.750. The Kier molecular flexibility index (Phi) is 7.34. The molecule has 0 radical (unpaired) electrons. The van der Waals surface area contributed by atoms with Crippen LogP contribution in [0.1, 0.15) is 60.5 Å². The number of carbonyl (C=O) groups excluding carboxylic acids is 1. The molecule has 0 aliphatic heterocycles. The largest absolute Gasteiger partial charge is 0.328 e. The lowest BCUT2D eigenvalue weighted by Crippen LogP contribution is -2.40. The minimum absolute atomic E-state index is 0.0599. The van der Waals surface area contributed by atoms with E-state index in [1.807, 2.05) is 96.8 Å². The Bertz CT molecular complexity index is 1730. The van der Waals surface area contributed by atoms with E-state index in [9.17, 15) is 9.59 Å². The molecule has 5 aromatic rings. The van der Waals surface area contributed by atoms with Crippen molar-refractivity contribution in [2.45, 2.75) is 47.1 Å². The van der Waals surface area contributed by atoms with Crippen molar-refractivity contribution in [1.82, 2.24) is 14.5 Å². The Hall–Kier alpha value is -4.25. The molecule has 1 unspecified atom stereocenters. The molecule has 1 atom stereocenters. The topological polar surface area (TPSA) is 55.2 Å². The zero-order chi connectivity index (χ0) is 27.7. The first-order valence-electron chi connectivity index (χ1n) is 13.7. The van der Waals surface area contributed by atoms with Gasteiger partial charge in [0.25, 0.3) is 11.5 Å². The van der Waals surface area contributed by atoms with E-state index in [1.54, 1.807) is 4.57 Å². The number of rotatable bonds is 7. The molecule has 1 amide bonds. The predicted molar refractivity (Wildman–Crippen MR) is 160 cm³/mol. The minimum Gasteiger partial charge on any atom is -0.328 e. The fourth-order valence-electron chi connectivity index (χ4n) is 5.26. The third kappa shape index (κ3) is 5.09. The van der Waals surface area contributed by atoms with Gasteiger partial charge in [0.05, 0.1) is 22.6 Å².